The molecule has 2 rings (SSSR count). The number of unbranched alkanes of at least 4 members (excludes halogenated alkanes) is 1. The second-order valence-corrected chi connectivity index (χ2v) is 8.27. The topological polar surface area (TPSA) is 71.5 Å². The maximum Gasteiger partial charge on any atom is 0.243 e. The lowest BCUT2D eigenvalue weighted by atomic mass is 10.2. The summed E-state index contributed by atoms with van der Waals surface area (Å²) in [5.41, 5.74) is 0. The molecule has 0 aromatic heterocycles. The Bertz CT molecular complexity index is 535. The molecule has 2 aliphatic rings. The molecule has 2 saturated heterocycles. The molecule has 0 unspecified atom stereocenters. The zero-order valence-electron chi connectivity index (χ0n) is 18.7. The monoisotopic (exact) mass is 408 g/mol. The molecule has 0 aromatic rings. The highest BCUT2D eigenvalue weighted by molar-refractivity contribution is 5.85. The Labute approximate surface area is 176 Å². The van der Waals surface area contributed by atoms with E-state index in [9.17, 15) is 9.59 Å². The molecule has 8 nitrogen and oxygen atoms in total. The minimum Gasteiger partial charge on any atom is -0.356 e. The zero-order chi connectivity index (χ0) is 21.1. The van der Waals surface area contributed by atoms with E-state index in [0.717, 1.165) is 77.5 Å². The van der Waals surface area contributed by atoms with Crippen molar-refractivity contribution in [3.8, 4) is 0 Å². The quantitative estimate of drug-likeness (QED) is 0.384. The molecule has 166 valence electrons. The third kappa shape index (κ3) is 8.20. The van der Waals surface area contributed by atoms with E-state index >= 15 is 0 Å². The maximum absolute atomic E-state index is 12.6. The molecule has 8 heteroatoms. The summed E-state index contributed by atoms with van der Waals surface area (Å²) in [6.07, 6.45) is 6.94. The van der Waals surface area contributed by atoms with Gasteiger partial charge in [-0.05, 0) is 19.3 Å². The van der Waals surface area contributed by atoms with Crippen LogP contribution in [0.4, 0.5) is 0 Å². The van der Waals surface area contributed by atoms with Crippen molar-refractivity contribution in [1.29, 1.82) is 0 Å². The van der Waals surface area contributed by atoms with Crippen molar-refractivity contribution < 1.29 is 9.59 Å². The molecule has 29 heavy (non-hydrogen) atoms. The number of carbonyl (C=O) groups is 2. The van der Waals surface area contributed by atoms with Crippen LogP contribution in [0.1, 0.15) is 45.4 Å². The molecule has 0 bridgehead atoms. The second kappa shape index (κ2) is 12.7. The summed E-state index contributed by atoms with van der Waals surface area (Å²) in [7, 11) is 3.50. The Hall–Kier alpha value is -1.83. The van der Waals surface area contributed by atoms with E-state index in [4.69, 9.17) is 0 Å². The smallest absolute Gasteiger partial charge is 0.243 e. The minimum absolute atomic E-state index is 0.00136. The van der Waals surface area contributed by atoms with Gasteiger partial charge < -0.3 is 20.0 Å². The Balaban J connectivity index is 1.84. The Morgan fingerprint density at radius 1 is 0.931 bits per heavy atom. The number of likely N-dealkylation sites (N-methyl/N-ethyl adjacent to an activating group) is 1. The van der Waals surface area contributed by atoms with E-state index in [2.05, 4.69) is 27.0 Å². The molecular weight excluding hydrogens is 368 g/mol. The van der Waals surface area contributed by atoms with E-state index in [-0.39, 0.29) is 18.4 Å². The van der Waals surface area contributed by atoms with Crippen molar-refractivity contribution in [2.24, 2.45) is 4.99 Å². The van der Waals surface area contributed by atoms with Gasteiger partial charge in [0, 0.05) is 59.9 Å². The molecule has 1 N–H and O–H groups in total. The number of nitrogens with zero attached hydrogens (tertiary/aromatic N) is 5. The third-order valence-corrected chi connectivity index (χ3v) is 5.67. The molecule has 2 aliphatic heterocycles. The Morgan fingerprint density at radius 2 is 1.59 bits per heavy atom. The van der Waals surface area contributed by atoms with E-state index in [1.165, 1.54) is 12.8 Å². The van der Waals surface area contributed by atoms with E-state index in [0.29, 0.717) is 6.54 Å². The summed E-state index contributed by atoms with van der Waals surface area (Å²) >= 11 is 0. The van der Waals surface area contributed by atoms with E-state index in [1.807, 2.05) is 4.90 Å². The number of amides is 2. The summed E-state index contributed by atoms with van der Waals surface area (Å²) in [6.45, 7) is 8.85. The number of hydrogen-bond donors (Lipinski definition) is 1. The highest BCUT2D eigenvalue weighted by Crippen LogP contribution is 2.11. The van der Waals surface area contributed by atoms with Gasteiger partial charge in [-0.25, -0.2) is 4.99 Å². The maximum atomic E-state index is 12.6. The van der Waals surface area contributed by atoms with Crippen molar-refractivity contribution in [3.05, 3.63) is 0 Å². The molecule has 0 saturated carbocycles. The van der Waals surface area contributed by atoms with Crippen molar-refractivity contribution in [3.63, 3.8) is 0 Å². The fraction of sp³-hybridized carbons (Fsp3) is 0.857. The van der Waals surface area contributed by atoms with Crippen molar-refractivity contribution >= 4 is 17.8 Å². The molecule has 0 aromatic carbocycles. The first-order valence-corrected chi connectivity index (χ1v) is 11.2. The Morgan fingerprint density at radius 3 is 2.17 bits per heavy atom. The minimum atomic E-state index is 0.00136. The van der Waals surface area contributed by atoms with Crippen LogP contribution in [0.15, 0.2) is 4.99 Å². The van der Waals surface area contributed by atoms with Crippen molar-refractivity contribution in [1.82, 2.24) is 24.9 Å². The normalized spacial score (nSPS) is 19.1. The second-order valence-electron chi connectivity index (χ2n) is 8.27. The number of aliphatic imine (C=N–C) groups is 1. The van der Waals surface area contributed by atoms with Gasteiger partial charge in [0.25, 0.3) is 0 Å². The van der Waals surface area contributed by atoms with Crippen LogP contribution in [0.5, 0.6) is 0 Å². The van der Waals surface area contributed by atoms with Crippen LogP contribution in [0.25, 0.3) is 0 Å². The molecule has 2 amide bonds. The first-order chi connectivity index (χ1) is 14.0. The predicted molar refractivity (Wildman–Crippen MR) is 117 cm³/mol. The van der Waals surface area contributed by atoms with Crippen LogP contribution in [-0.4, -0.2) is 110 Å². The molecule has 0 aliphatic carbocycles. The van der Waals surface area contributed by atoms with Gasteiger partial charge in [-0.15, -0.1) is 0 Å². The van der Waals surface area contributed by atoms with Crippen molar-refractivity contribution in [2.45, 2.75) is 45.4 Å². The van der Waals surface area contributed by atoms with Gasteiger partial charge in [0.2, 0.25) is 11.8 Å². The molecule has 2 fully saturated rings. The number of nitrogens with one attached hydrogen (secondary N) is 1. The summed E-state index contributed by atoms with van der Waals surface area (Å²) < 4.78 is 0. The molecule has 0 radical (unpaired) electrons. The summed E-state index contributed by atoms with van der Waals surface area (Å²) in [5, 5.41) is 3.41. The number of carbonyl (C=O) groups excluding carboxylic acids is 2. The largest absolute Gasteiger partial charge is 0.356 e. The van der Waals surface area contributed by atoms with Crippen molar-refractivity contribution in [2.75, 3.05) is 73.0 Å². The highest BCUT2D eigenvalue weighted by Gasteiger charge is 2.24. The molecule has 2 heterocycles. The van der Waals surface area contributed by atoms with Crippen LogP contribution < -0.4 is 5.32 Å². The number of guanidine groups is 1. The SMILES string of the molecule is CCCCNC(=NCC(=O)N(C)C)N1CCN(CC(=O)N2CCCCCC2)CC1. The zero-order valence-corrected chi connectivity index (χ0v) is 18.7. The van der Waals surface area contributed by atoms with Gasteiger partial charge in [0.15, 0.2) is 5.96 Å². The average molecular weight is 409 g/mol. The van der Waals surface area contributed by atoms with Crippen LogP contribution in [0, 0.1) is 0 Å². The van der Waals surface area contributed by atoms with Gasteiger partial charge >= 0.3 is 0 Å². The van der Waals surface area contributed by atoms with Gasteiger partial charge in [-0.3, -0.25) is 14.5 Å². The number of likely N-dealkylation sites (tertiary alicyclic amines) is 1. The molecular formula is C21H40N6O2. The van der Waals surface area contributed by atoms with Crippen LogP contribution in [0.3, 0.4) is 0 Å². The van der Waals surface area contributed by atoms with E-state index < -0.39 is 0 Å². The molecule has 0 atom stereocenters. The first-order valence-electron chi connectivity index (χ1n) is 11.2. The number of rotatable bonds is 7. The first kappa shape index (κ1) is 23.4. The summed E-state index contributed by atoms with van der Waals surface area (Å²) in [6, 6.07) is 0. The molecule has 0 spiro atoms. The van der Waals surface area contributed by atoms with Crippen LogP contribution in [-0.2, 0) is 9.59 Å². The standard InChI is InChI=1S/C21H40N6O2/c1-4-5-10-22-21(23-17-19(28)24(2)3)27-15-13-25(14-16-27)18-20(29)26-11-8-6-7-9-12-26/h4-18H2,1-3H3,(H,22,23). The summed E-state index contributed by atoms with van der Waals surface area (Å²) in [5.74, 6) is 1.08. The summed E-state index contributed by atoms with van der Waals surface area (Å²) in [4.78, 5) is 37.2. The lowest BCUT2D eigenvalue weighted by Crippen LogP contribution is -2.54. The fourth-order valence-electron chi connectivity index (χ4n) is 3.66. The number of hydrogen-bond acceptors (Lipinski definition) is 4. The third-order valence-electron chi connectivity index (χ3n) is 5.67. The number of piperazine rings is 1. The fourth-order valence-corrected chi connectivity index (χ4v) is 3.66. The Kier molecular flexibility index (Phi) is 10.2. The van der Waals surface area contributed by atoms with Gasteiger partial charge in [0.05, 0.1) is 6.54 Å². The van der Waals surface area contributed by atoms with Gasteiger partial charge in [-0.2, -0.15) is 0 Å². The van der Waals surface area contributed by atoms with E-state index in [1.54, 1.807) is 19.0 Å². The van der Waals surface area contributed by atoms with Crippen LogP contribution >= 0.6 is 0 Å². The predicted octanol–water partition coefficient (Wildman–Crippen LogP) is 0.841. The van der Waals surface area contributed by atoms with Gasteiger partial charge in [0.1, 0.15) is 6.54 Å². The lowest BCUT2D eigenvalue weighted by Gasteiger charge is -2.37. The highest BCUT2D eigenvalue weighted by atomic mass is 16.2. The van der Waals surface area contributed by atoms with Crippen LogP contribution in [0.2, 0.25) is 0 Å². The average Bonchev–Trinajstić information content (AvgIpc) is 3.00. The van der Waals surface area contributed by atoms with Gasteiger partial charge in [-0.1, -0.05) is 26.2 Å². The lowest BCUT2D eigenvalue weighted by molar-refractivity contribution is -0.132.